The predicted molar refractivity (Wildman–Crippen MR) is 41.9 cm³/mol. The number of hydrogen-bond donors (Lipinski definition) is 0. The van der Waals surface area contributed by atoms with E-state index in [0.29, 0.717) is 14.0 Å². The van der Waals surface area contributed by atoms with E-state index < -0.39 is 0 Å². The topological polar surface area (TPSA) is 17.1 Å². The monoisotopic (exact) mass is 160 g/mol. The third-order valence-electron chi connectivity index (χ3n) is 1.48. The first-order valence-corrected chi connectivity index (χ1v) is 6.03. The van der Waals surface area contributed by atoms with Crippen molar-refractivity contribution < 1.29 is 4.79 Å². The molecule has 0 spiro atoms. The van der Waals surface area contributed by atoms with Crippen LogP contribution in [0.2, 0.25) is 0 Å². The SMILES string of the molecule is O=C1[Si]=[Si]c2ccccc21. The Labute approximate surface area is 63.0 Å². The zero-order valence-electron chi connectivity index (χ0n) is 5.22. The number of fused-ring (bicyclic) bond motifs is 1. The average Bonchev–Trinajstić information content (AvgIpc) is 2.34. The van der Waals surface area contributed by atoms with Crippen molar-refractivity contribution in [1.29, 1.82) is 0 Å². The molecule has 0 fully saturated rings. The molecule has 3 heteroatoms. The number of hydrogen-bond acceptors (Lipinski definition) is 1. The molecule has 10 heavy (non-hydrogen) atoms. The van der Waals surface area contributed by atoms with Crippen molar-refractivity contribution in [3.8, 4) is 0 Å². The fraction of sp³-hybridized carbons (Fsp3) is 0. The van der Waals surface area contributed by atoms with Gasteiger partial charge in [-0.2, -0.15) is 0 Å². The molecule has 0 bridgehead atoms. The number of benzene rings is 1. The van der Waals surface area contributed by atoms with E-state index >= 15 is 0 Å². The van der Waals surface area contributed by atoms with Gasteiger partial charge < -0.3 is 0 Å². The molecule has 0 aromatic heterocycles. The van der Waals surface area contributed by atoms with Crippen LogP contribution in [0.15, 0.2) is 24.3 Å². The number of carbonyl (C=O) groups excluding carboxylic acids is 1. The van der Waals surface area contributed by atoms with E-state index in [-0.39, 0.29) is 0 Å². The quantitative estimate of drug-likeness (QED) is 0.480. The van der Waals surface area contributed by atoms with Gasteiger partial charge in [-0.1, -0.05) is 24.3 Å². The van der Waals surface area contributed by atoms with E-state index in [1.54, 1.807) is 0 Å². The fourth-order valence-corrected chi connectivity index (χ4v) is 4.02. The highest BCUT2D eigenvalue weighted by Gasteiger charge is 2.11. The summed E-state index contributed by atoms with van der Waals surface area (Å²) in [5.74, 6) is 0. The van der Waals surface area contributed by atoms with Gasteiger partial charge in [-0.3, -0.25) is 4.79 Å². The highest BCUT2D eigenvalue weighted by molar-refractivity contribution is 7.03. The van der Waals surface area contributed by atoms with E-state index in [0.717, 1.165) is 14.2 Å². The Morgan fingerprint density at radius 1 is 1.10 bits per heavy atom. The molecular weight excluding hydrogens is 156 g/mol. The van der Waals surface area contributed by atoms with Crippen molar-refractivity contribution in [2.75, 3.05) is 0 Å². The second kappa shape index (κ2) is 2.18. The van der Waals surface area contributed by atoms with Crippen LogP contribution in [-0.2, 0) is 0 Å². The second-order valence-corrected chi connectivity index (χ2v) is 5.12. The van der Waals surface area contributed by atoms with Gasteiger partial charge in [-0.05, 0) is 5.19 Å². The molecule has 2 radical (unpaired) electrons. The molecule has 2 rings (SSSR count). The van der Waals surface area contributed by atoms with Gasteiger partial charge in [0.15, 0.2) is 5.41 Å². The summed E-state index contributed by atoms with van der Waals surface area (Å²) in [7, 11) is 1.25. The van der Waals surface area contributed by atoms with Gasteiger partial charge in [0, 0.05) is 14.2 Å². The zero-order chi connectivity index (χ0) is 6.97. The third kappa shape index (κ3) is 0.784. The van der Waals surface area contributed by atoms with E-state index in [1.807, 2.05) is 24.3 Å². The van der Waals surface area contributed by atoms with E-state index in [2.05, 4.69) is 0 Å². The summed E-state index contributed by atoms with van der Waals surface area (Å²) in [6.45, 7) is 0. The molecule has 1 heterocycles. The van der Waals surface area contributed by atoms with Crippen LogP contribution in [0.3, 0.4) is 0 Å². The second-order valence-electron chi connectivity index (χ2n) is 2.12. The lowest BCUT2D eigenvalue weighted by atomic mass is 10.2. The molecular formula is C7H4OSi2. The summed E-state index contributed by atoms with van der Waals surface area (Å²) in [5.41, 5.74) is 0.958. The minimum atomic E-state index is 0.342. The van der Waals surface area contributed by atoms with Crippen LogP contribution < -0.4 is 5.19 Å². The van der Waals surface area contributed by atoms with Gasteiger partial charge in [0.1, 0.15) is 0 Å². The molecule has 0 unspecified atom stereocenters. The van der Waals surface area contributed by atoms with Crippen LogP contribution >= 0.6 is 0 Å². The van der Waals surface area contributed by atoms with Gasteiger partial charge >= 0.3 is 0 Å². The Hall–Kier alpha value is -0.676. The van der Waals surface area contributed by atoms with Gasteiger partial charge in [0.25, 0.3) is 0 Å². The molecule has 0 aliphatic carbocycles. The highest BCUT2D eigenvalue weighted by Crippen LogP contribution is 1.97. The molecule has 1 nitrogen and oxygen atoms in total. The Bertz CT molecular complexity index is 317. The summed E-state index contributed by atoms with van der Waals surface area (Å²) in [6.07, 6.45) is 0. The summed E-state index contributed by atoms with van der Waals surface area (Å²) in [4.78, 5) is 11.1. The molecule has 1 aliphatic heterocycles. The molecule has 0 saturated carbocycles. The molecule has 0 amide bonds. The lowest BCUT2D eigenvalue weighted by Gasteiger charge is -1.92. The maximum atomic E-state index is 11.1. The van der Waals surface area contributed by atoms with Gasteiger partial charge in [-0.25, -0.2) is 0 Å². The Morgan fingerprint density at radius 2 is 1.90 bits per heavy atom. The van der Waals surface area contributed by atoms with Crippen molar-refractivity contribution >= 4 is 27.8 Å². The normalized spacial score (nSPS) is 13.8. The van der Waals surface area contributed by atoms with Crippen LogP contribution in [-0.4, -0.2) is 22.6 Å². The Balaban J connectivity index is 2.70. The van der Waals surface area contributed by atoms with Crippen LogP contribution in [0.25, 0.3) is 0 Å². The molecule has 1 aromatic carbocycles. The first kappa shape index (κ1) is 6.06. The maximum absolute atomic E-state index is 11.1. The molecule has 0 atom stereocenters. The summed E-state index contributed by atoms with van der Waals surface area (Å²) in [5, 5.41) is 1.60. The molecule has 0 saturated heterocycles. The van der Waals surface area contributed by atoms with Gasteiger partial charge in [0.05, 0.1) is 8.61 Å². The standard InChI is InChI=1S/C7H4OSi2/c8-7-5-3-1-2-4-6(5)9-10-7/h1-4H. The van der Waals surface area contributed by atoms with Gasteiger partial charge in [0.2, 0.25) is 0 Å². The molecule has 1 aromatic rings. The predicted octanol–water partition coefficient (Wildman–Crippen LogP) is -0.211. The number of rotatable bonds is 0. The van der Waals surface area contributed by atoms with Crippen LogP contribution in [0, 0.1) is 0 Å². The Kier molecular flexibility index (Phi) is 1.32. The zero-order valence-corrected chi connectivity index (χ0v) is 7.22. The van der Waals surface area contributed by atoms with E-state index in [1.165, 1.54) is 5.19 Å². The highest BCUT2D eigenvalue weighted by atomic mass is 28.9. The largest absolute Gasteiger partial charge is 0.296 e. The van der Waals surface area contributed by atoms with Crippen molar-refractivity contribution in [2.24, 2.45) is 0 Å². The van der Waals surface area contributed by atoms with E-state index in [4.69, 9.17) is 0 Å². The molecule has 1 aliphatic rings. The molecule has 0 N–H and O–H groups in total. The minimum absolute atomic E-state index is 0.342. The van der Waals surface area contributed by atoms with Crippen molar-refractivity contribution in [3.63, 3.8) is 0 Å². The van der Waals surface area contributed by atoms with E-state index in [9.17, 15) is 4.79 Å². The lowest BCUT2D eigenvalue weighted by molar-refractivity contribution is 0.108. The average molecular weight is 160 g/mol. The lowest BCUT2D eigenvalue weighted by Crippen LogP contribution is -2.07. The third-order valence-corrected chi connectivity index (χ3v) is 4.67. The first-order valence-electron chi connectivity index (χ1n) is 3.03. The number of carbonyl (C=O) groups is 1. The first-order chi connectivity index (χ1) is 4.88. The van der Waals surface area contributed by atoms with Crippen LogP contribution in [0.1, 0.15) is 10.4 Å². The summed E-state index contributed by atoms with van der Waals surface area (Å²) in [6, 6.07) is 7.89. The van der Waals surface area contributed by atoms with Gasteiger partial charge in [-0.15, -0.1) is 0 Å². The molecule has 46 valence electrons. The van der Waals surface area contributed by atoms with Crippen molar-refractivity contribution in [3.05, 3.63) is 29.8 Å². The van der Waals surface area contributed by atoms with Crippen molar-refractivity contribution in [1.82, 2.24) is 0 Å². The fourth-order valence-electron chi connectivity index (χ4n) is 0.982. The summed E-state index contributed by atoms with van der Waals surface area (Å²) >= 11 is 0. The van der Waals surface area contributed by atoms with Crippen molar-refractivity contribution in [2.45, 2.75) is 0 Å². The Morgan fingerprint density at radius 3 is 2.70 bits per heavy atom. The smallest absolute Gasteiger partial charge is 0.155 e. The van der Waals surface area contributed by atoms with Crippen LogP contribution in [0.4, 0.5) is 0 Å². The summed E-state index contributed by atoms with van der Waals surface area (Å²) < 4.78 is 0. The minimum Gasteiger partial charge on any atom is -0.296 e. The maximum Gasteiger partial charge on any atom is 0.155 e. The van der Waals surface area contributed by atoms with Crippen LogP contribution in [0.5, 0.6) is 0 Å².